The Morgan fingerprint density at radius 3 is 1.06 bits per heavy atom. The van der Waals surface area contributed by atoms with Crippen molar-refractivity contribution in [2.75, 3.05) is 26.1 Å². The number of hydrogen-bond donors (Lipinski definition) is 0. The van der Waals surface area contributed by atoms with E-state index in [0.717, 1.165) is 12.8 Å². The molecule has 6 heteroatoms. The van der Waals surface area contributed by atoms with Gasteiger partial charge in [0.2, 0.25) is 10.4 Å². The first kappa shape index (κ1) is 38.4. The maximum atomic E-state index is 10.1. The lowest BCUT2D eigenvalue weighted by atomic mass is 10.0. The van der Waals surface area contributed by atoms with Crippen LogP contribution in [-0.2, 0) is 14.6 Å². The van der Waals surface area contributed by atoms with E-state index in [0.29, 0.717) is 6.42 Å². The summed E-state index contributed by atoms with van der Waals surface area (Å²) in [6, 6.07) is 0. The molecule has 0 aliphatic rings. The van der Waals surface area contributed by atoms with E-state index >= 15 is 0 Å². The summed E-state index contributed by atoms with van der Waals surface area (Å²) in [6.07, 6.45) is 33.9. The minimum Gasteiger partial charge on any atom is -0.726 e. The third-order valence-corrected chi connectivity index (χ3v) is 8.56. The van der Waals surface area contributed by atoms with Crippen molar-refractivity contribution < 1.29 is 17.2 Å². The Hall–Kier alpha value is 0.300. The second kappa shape index (κ2) is 31.5. The van der Waals surface area contributed by atoms with E-state index in [4.69, 9.17) is 0 Å². The Morgan fingerprint density at radius 2 is 0.778 bits per heavy atom. The summed E-state index contributed by atoms with van der Waals surface area (Å²) >= 11 is 0. The summed E-state index contributed by atoms with van der Waals surface area (Å²) < 4.78 is 34.5. The third kappa shape index (κ3) is 41.4. The molecule has 0 radical (unpaired) electrons. The van der Waals surface area contributed by atoms with Crippen molar-refractivity contribution >= 4 is 18.3 Å². The highest BCUT2D eigenvalue weighted by molar-refractivity contribution is 7.80. The summed E-state index contributed by atoms with van der Waals surface area (Å²) in [7, 11) is -4.43. The molecule has 0 spiro atoms. The van der Waals surface area contributed by atoms with Crippen LogP contribution in [0.25, 0.3) is 0 Å². The molecule has 0 aromatic rings. The van der Waals surface area contributed by atoms with Crippen molar-refractivity contribution in [1.29, 1.82) is 0 Å². The molecule has 0 aromatic heterocycles. The van der Waals surface area contributed by atoms with Gasteiger partial charge in [-0.25, -0.2) is 8.42 Å². The predicted octanol–water partition coefficient (Wildman–Crippen LogP) is 10.3. The van der Waals surface area contributed by atoms with Gasteiger partial charge in [-0.2, -0.15) is 0 Å². The summed E-state index contributed by atoms with van der Waals surface area (Å²) in [5.74, 6) is 0. The molecule has 0 amide bonds. The van der Waals surface area contributed by atoms with Gasteiger partial charge in [0.25, 0.3) is 0 Å². The topological polar surface area (TPSA) is 66.4 Å². The Balaban J connectivity index is 0. The van der Waals surface area contributed by atoms with E-state index in [-0.39, 0.29) is 14.5 Å². The van der Waals surface area contributed by atoms with Crippen LogP contribution in [0.4, 0.5) is 0 Å². The van der Waals surface area contributed by atoms with E-state index in [1.807, 2.05) is 0 Å². The van der Waals surface area contributed by atoms with Gasteiger partial charge in [-0.1, -0.05) is 149 Å². The first-order valence-corrected chi connectivity index (χ1v) is 19.8. The van der Waals surface area contributed by atoms with E-state index in [1.165, 1.54) is 141 Å². The molecule has 0 aliphatic heterocycles. The zero-order valence-electron chi connectivity index (χ0n) is 24.9. The molecule has 0 saturated heterocycles. The fraction of sp³-hybridized carbons (Fsp3) is 1.00. The van der Waals surface area contributed by atoms with Crippen molar-refractivity contribution in [3.63, 3.8) is 0 Å². The quantitative estimate of drug-likeness (QED) is 0.0440. The minimum absolute atomic E-state index is 0.0301. The normalized spacial score (nSPS) is 11.6. The second-order valence-electron chi connectivity index (χ2n) is 11.0. The van der Waals surface area contributed by atoms with Crippen LogP contribution in [0.5, 0.6) is 0 Å². The molecule has 0 N–H and O–H groups in total. The molecular formula is C30H65O4PS. The van der Waals surface area contributed by atoms with Crippen molar-refractivity contribution in [2.24, 2.45) is 0 Å². The van der Waals surface area contributed by atoms with E-state index in [2.05, 4.69) is 31.4 Å². The maximum absolute atomic E-state index is 10.1. The Bertz CT molecular complexity index is 497. The highest BCUT2D eigenvalue weighted by Gasteiger charge is 1.99. The molecule has 0 bridgehead atoms. The molecule has 0 aliphatic carbocycles. The van der Waals surface area contributed by atoms with Gasteiger partial charge < -0.3 is 4.55 Å². The lowest BCUT2D eigenvalue weighted by Gasteiger charge is -2.06. The molecule has 0 saturated carbocycles. The van der Waals surface area contributed by atoms with Gasteiger partial charge in [0, 0.05) is 13.3 Å². The summed E-state index contributed by atoms with van der Waals surface area (Å²) in [4.78, 5) is 0. The largest absolute Gasteiger partial charge is 0.726 e. The third-order valence-electron chi connectivity index (χ3n) is 6.76. The van der Waals surface area contributed by atoms with Crippen LogP contribution >= 0.6 is 7.92 Å². The van der Waals surface area contributed by atoms with Gasteiger partial charge in [0.1, 0.15) is 0 Å². The summed E-state index contributed by atoms with van der Waals surface area (Å²) in [5.41, 5.74) is 0. The van der Waals surface area contributed by atoms with Crippen molar-refractivity contribution in [1.82, 2.24) is 0 Å². The Morgan fingerprint density at radius 1 is 0.500 bits per heavy atom. The number of rotatable bonds is 27. The first-order chi connectivity index (χ1) is 17.3. The van der Waals surface area contributed by atoms with Gasteiger partial charge in [-0.05, 0) is 27.2 Å². The molecule has 0 unspecified atom stereocenters. The smallest absolute Gasteiger partial charge is 0.217 e. The van der Waals surface area contributed by atoms with Crippen molar-refractivity contribution in [3.8, 4) is 0 Å². The zero-order valence-corrected chi connectivity index (χ0v) is 26.7. The Labute approximate surface area is 229 Å². The molecule has 0 aromatic carbocycles. The van der Waals surface area contributed by atoms with Crippen LogP contribution in [-0.4, -0.2) is 39.1 Å². The molecule has 0 rings (SSSR count). The standard InChI is InChI=1S/C18H39P.C12H26O4S/c1-4-5-6-7-8-9-10-11-12-13-14-15-16-17-18-19(2)3;1-2-3-4-5-6-7-8-9-10-11-12-16-17(13,14)15/h4-18H2,1-3H3;2-12H2,1H3,(H,13,14,15). The molecule has 220 valence electrons. The highest BCUT2D eigenvalue weighted by Crippen LogP contribution is 2.26. The number of unbranched alkanes of at least 4 members (excludes halogenated alkanes) is 22. The highest BCUT2D eigenvalue weighted by atomic mass is 32.3. The fourth-order valence-corrected chi connectivity index (χ4v) is 5.70. The van der Waals surface area contributed by atoms with Crippen LogP contribution in [0.15, 0.2) is 0 Å². The van der Waals surface area contributed by atoms with E-state index in [9.17, 15) is 13.0 Å². The second-order valence-corrected chi connectivity index (χ2v) is 14.9. The SMILES string of the molecule is CCCCCCCCCCCCCCCC[PH+](C)C.CCCCCCCCCCCCOS(=O)(=O)[O-]. The molecule has 36 heavy (non-hydrogen) atoms. The van der Waals surface area contributed by atoms with Crippen LogP contribution in [0.2, 0.25) is 0 Å². The molecule has 0 atom stereocenters. The van der Waals surface area contributed by atoms with Crippen LogP contribution in [0.3, 0.4) is 0 Å². The fourth-order valence-electron chi connectivity index (χ4n) is 4.42. The average molecular weight is 553 g/mol. The van der Waals surface area contributed by atoms with Gasteiger partial charge in [-0.3, -0.25) is 4.18 Å². The van der Waals surface area contributed by atoms with Crippen molar-refractivity contribution in [2.45, 2.75) is 168 Å². The minimum atomic E-state index is -4.48. The molecule has 4 nitrogen and oxygen atoms in total. The Kier molecular flexibility index (Phi) is 33.7. The van der Waals surface area contributed by atoms with Crippen LogP contribution < -0.4 is 0 Å². The van der Waals surface area contributed by atoms with Gasteiger partial charge in [-0.15, -0.1) is 0 Å². The molecular weight excluding hydrogens is 487 g/mol. The van der Waals surface area contributed by atoms with Crippen LogP contribution in [0, 0.1) is 0 Å². The summed E-state index contributed by atoms with van der Waals surface area (Å²) in [6.45, 7) is 9.41. The van der Waals surface area contributed by atoms with Gasteiger partial charge in [0.15, 0.2) is 0 Å². The number of hydrogen-bond acceptors (Lipinski definition) is 4. The lowest BCUT2D eigenvalue weighted by Crippen LogP contribution is -2.05. The molecule has 0 fully saturated rings. The lowest BCUT2D eigenvalue weighted by molar-refractivity contribution is 0.255. The van der Waals surface area contributed by atoms with Crippen LogP contribution in [0.1, 0.15) is 168 Å². The van der Waals surface area contributed by atoms with E-state index < -0.39 is 10.4 Å². The summed E-state index contributed by atoms with van der Waals surface area (Å²) in [5, 5.41) is 0. The predicted molar refractivity (Wildman–Crippen MR) is 163 cm³/mol. The first-order valence-electron chi connectivity index (χ1n) is 15.7. The molecule has 0 heterocycles. The van der Waals surface area contributed by atoms with Gasteiger partial charge in [0.05, 0.1) is 12.8 Å². The van der Waals surface area contributed by atoms with E-state index in [1.54, 1.807) is 0 Å². The maximum Gasteiger partial charge on any atom is 0.217 e. The zero-order chi connectivity index (χ0) is 27.2. The average Bonchev–Trinajstić information content (AvgIpc) is 2.82. The van der Waals surface area contributed by atoms with Crippen molar-refractivity contribution in [3.05, 3.63) is 0 Å². The van der Waals surface area contributed by atoms with Gasteiger partial charge >= 0.3 is 0 Å². The monoisotopic (exact) mass is 552 g/mol.